The summed E-state index contributed by atoms with van der Waals surface area (Å²) in [5.74, 6) is 2.26. The lowest BCUT2D eigenvalue weighted by Gasteiger charge is -2.20. The first-order valence-electron chi connectivity index (χ1n) is 6.38. The van der Waals surface area contributed by atoms with Crippen molar-refractivity contribution in [2.75, 3.05) is 19.0 Å². The van der Waals surface area contributed by atoms with E-state index in [-0.39, 0.29) is 6.04 Å². The lowest BCUT2D eigenvalue weighted by molar-refractivity contribution is 0.171. The van der Waals surface area contributed by atoms with Gasteiger partial charge in [-0.2, -0.15) is 0 Å². The second kappa shape index (κ2) is 6.11. The first-order valence-corrected chi connectivity index (χ1v) is 7.36. The second-order valence-corrected chi connectivity index (χ2v) is 5.34. The molecule has 2 N–H and O–H groups in total. The Balaban J connectivity index is 1.66. The molecule has 1 aliphatic heterocycles. The number of nitrogens with two attached hydrogens (primary N) is 1. The monoisotopic (exact) mass is 289 g/mol. The van der Waals surface area contributed by atoms with Crippen LogP contribution in [0.5, 0.6) is 11.5 Å². The van der Waals surface area contributed by atoms with Crippen LogP contribution in [0.25, 0.3) is 0 Å². The number of rotatable bonds is 4. The smallest absolute Gasteiger partial charge is 0.187 e. The van der Waals surface area contributed by atoms with Gasteiger partial charge >= 0.3 is 0 Å². The van der Waals surface area contributed by atoms with Crippen LogP contribution in [0.2, 0.25) is 0 Å². The molecule has 104 valence electrons. The van der Waals surface area contributed by atoms with E-state index in [4.69, 9.17) is 15.2 Å². The zero-order valence-electron chi connectivity index (χ0n) is 10.9. The molecule has 20 heavy (non-hydrogen) atoms. The normalized spacial score (nSPS) is 14.8. The summed E-state index contributed by atoms with van der Waals surface area (Å²) in [5.41, 5.74) is 7.23. The Kier molecular flexibility index (Phi) is 4.03. The van der Waals surface area contributed by atoms with Crippen molar-refractivity contribution in [1.82, 2.24) is 9.97 Å². The molecular weight excluding hydrogens is 274 g/mol. The van der Waals surface area contributed by atoms with Gasteiger partial charge in [0.1, 0.15) is 13.2 Å². The van der Waals surface area contributed by atoms with Crippen molar-refractivity contribution in [3.8, 4) is 11.5 Å². The number of nitrogens with zero attached hydrogens (tertiary/aromatic N) is 2. The van der Waals surface area contributed by atoms with Gasteiger partial charge in [0, 0.05) is 24.2 Å². The van der Waals surface area contributed by atoms with E-state index in [1.807, 2.05) is 18.2 Å². The average Bonchev–Trinajstić information content (AvgIpc) is 2.53. The van der Waals surface area contributed by atoms with E-state index < -0.39 is 0 Å². The Hall–Kier alpha value is -1.79. The minimum Gasteiger partial charge on any atom is -0.486 e. The fourth-order valence-corrected chi connectivity index (χ4v) is 2.70. The molecule has 3 rings (SSSR count). The SMILES string of the molecule is NC(CSc1ncccn1)c1ccc2c(c1)OCCO2. The van der Waals surface area contributed by atoms with Crippen LogP contribution in [-0.4, -0.2) is 28.9 Å². The van der Waals surface area contributed by atoms with Crippen LogP contribution in [-0.2, 0) is 0 Å². The molecule has 1 aromatic carbocycles. The molecule has 2 aromatic rings. The molecule has 1 aromatic heterocycles. The molecule has 2 heterocycles. The predicted octanol–water partition coefficient (Wildman–Crippen LogP) is 2.04. The first-order chi connectivity index (χ1) is 9.83. The van der Waals surface area contributed by atoms with Gasteiger partial charge in [-0.25, -0.2) is 9.97 Å². The third-order valence-corrected chi connectivity index (χ3v) is 3.92. The summed E-state index contributed by atoms with van der Waals surface area (Å²) in [4.78, 5) is 8.33. The highest BCUT2D eigenvalue weighted by molar-refractivity contribution is 7.99. The molecule has 0 fully saturated rings. The molecule has 0 bridgehead atoms. The zero-order valence-corrected chi connectivity index (χ0v) is 11.7. The third-order valence-electron chi connectivity index (χ3n) is 2.93. The van der Waals surface area contributed by atoms with Crippen LogP contribution in [0.15, 0.2) is 41.8 Å². The van der Waals surface area contributed by atoms with Crippen molar-refractivity contribution in [2.24, 2.45) is 5.73 Å². The summed E-state index contributed by atoms with van der Waals surface area (Å²) >= 11 is 1.54. The molecule has 0 amide bonds. The van der Waals surface area contributed by atoms with Gasteiger partial charge in [0.15, 0.2) is 16.7 Å². The van der Waals surface area contributed by atoms with E-state index in [9.17, 15) is 0 Å². The fourth-order valence-electron chi connectivity index (χ4n) is 1.91. The van der Waals surface area contributed by atoms with Gasteiger partial charge in [-0.1, -0.05) is 17.8 Å². The molecule has 1 unspecified atom stereocenters. The summed E-state index contributed by atoms with van der Waals surface area (Å²) in [7, 11) is 0. The van der Waals surface area contributed by atoms with Gasteiger partial charge in [0.2, 0.25) is 0 Å². The number of aromatic nitrogens is 2. The quantitative estimate of drug-likeness (QED) is 0.686. The molecule has 5 nitrogen and oxygen atoms in total. The van der Waals surface area contributed by atoms with Crippen LogP contribution in [0.4, 0.5) is 0 Å². The minimum absolute atomic E-state index is 0.0976. The number of hydrogen-bond donors (Lipinski definition) is 1. The van der Waals surface area contributed by atoms with Crippen molar-refractivity contribution in [1.29, 1.82) is 0 Å². The fraction of sp³-hybridized carbons (Fsp3) is 0.286. The maximum Gasteiger partial charge on any atom is 0.187 e. The third kappa shape index (κ3) is 3.02. The van der Waals surface area contributed by atoms with Gasteiger partial charge in [-0.05, 0) is 23.8 Å². The zero-order chi connectivity index (χ0) is 13.8. The summed E-state index contributed by atoms with van der Waals surface area (Å²) in [6, 6.07) is 7.54. The van der Waals surface area contributed by atoms with E-state index >= 15 is 0 Å². The summed E-state index contributed by atoms with van der Waals surface area (Å²) in [5, 5.41) is 0.737. The maximum absolute atomic E-state index is 6.20. The van der Waals surface area contributed by atoms with E-state index in [0.29, 0.717) is 19.0 Å². The van der Waals surface area contributed by atoms with Gasteiger partial charge < -0.3 is 15.2 Å². The van der Waals surface area contributed by atoms with Crippen molar-refractivity contribution >= 4 is 11.8 Å². The van der Waals surface area contributed by atoms with E-state index in [1.54, 1.807) is 30.2 Å². The van der Waals surface area contributed by atoms with Crippen molar-refractivity contribution in [2.45, 2.75) is 11.2 Å². The largest absolute Gasteiger partial charge is 0.486 e. The Morgan fingerprint density at radius 3 is 2.70 bits per heavy atom. The average molecular weight is 289 g/mol. The molecule has 0 saturated carbocycles. The number of benzene rings is 1. The molecule has 1 aliphatic rings. The minimum atomic E-state index is -0.0976. The van der Waals surface area contributed by atoms with E-state index in [0.717, 1.165) is 22.2 Å². The van der Waals surface area contributed by atoms with Crippen LogP contribution >= 0.6 is 11.8 Å². The maximum atomic E-state index is 6.20. The Labute approximate surface area is 121 Å². The summed E-state index contributed by atoms with van der Waals surface area (Å²) in [6.45, 7) is 1.18. The van der Waals surface area contributed by atoms with Gasteiger partial charge in [-0.15, -0.1) is 0 Å². The second-order valence-electron chi connectivity index (χ2n) is 4.35. The van der Waals surface area contributed by atoms with Crippen LogP contribution in [0.3, 0.4) is 0 Å². The first kappa shape index (κ1) is 13.2. The van der Waals surface area contributed by atoms with Gasteiger partial charge in [0.25, 0.3) is 0 Å². The topological polar surface area (TPSA) is 70.3 Å². The number of ether oxygens (including phenoxy) is 2. The van der Waals surface area contributed by atoms with Crippen molar-refractivity contribution in [3.05, 3.63) is 42.2 Å². The number of fused-ring (bicyclic) bond motifs is 1. The highest BCUT2D eigenvalue weighted by atomic mass is 32.2. The highest BCUT2D eigenvalue weighted by Gasteiger charge is 2.15. The van der Waals surface area contributed by atoms with E-state index in [2.05, 4.69) is 9.97 Å². The Bertz CT molecular complexity index is 580. The molecule has 1 atom stereocenters. The lowest BCUT2D eigenvalue weighted by Crippen LogP contribution is -2.17. The molecule has 0 saturated heterocycles. The Morgan fingerprint density at radius 2 is 1.90 bits per heavy atom. The molecular formula is C14H15N3O2S. The van der Waals surface area contributed by atoms with Gasteiger partial charge in [0.05, 0.1) is 0 Å². The standard InChI is InChI=1S/C14H15N3O2S/c15-11(9-20-14-16-4-1-5-17-14)10-2-3-12-13(8-10)19-7-6-18-12/h1-5,8,11H,6-7,9,15H2. The van der Waals surface area contributed by atoms with Crippen LogP contribution < -0.4 is 15.2 Å². The Morgan fingerprint density at radius 1 is 1.15 bits per heavy atom. The predicted molar refractivity (Wildman–Crippen MR) is 77.1 cm³/mol. The van der Waals surface area contributed by atoms with Crippen molar-refractivity contribution < 1.29 is 9.47 Å². The van der Waals surface area contributed by atoms with E-state index in [1.165, 1.54) is 0 Å². The summed E-state index contributed by atoms with van der Waals surface area (Å²) < 4.78 is 11.1. The molecule has 6 heteroatoms. The van der Waals surface area contributed by atoms with Crippen LogP contribution in [0, 0.1) is 0 Å². The molecule has 0 aliphatic carbocycles. The lowest BCUT2D eigenvalue weighted by atomic mass is 10.1. The van der Waals surface area contributed by atoms with Gasteiger partial charge in [-0.3, -0.25) is 0 Å². The number of thioether (sulfide) groups is 1. The highest BCUT2D eigenvalue weighted by Crippen LogP contribution is 2.33. The molecule has 0 radical (unpaired) electrons. The van der Waals surface area contributed by atoms with Crippen LogP contribution in [0.1, 0.15) is 11.6 Å². The van der Waals surface area contributed by atoms with Crippen molar-refractivity contribution in [3.63, 3.8) is 0 Å². The number of hydrogen-bond acceptors (Lipinski definition) is 6. The molecule has 0 spiro atoms. The summed E-state index contributed by atoms with van der Waals surface area (Å²) in [6.07, 6.45) is 3.45.